The second kappa shape index (κ2) is 13.9. The van der Waals surface area contributed by atoms with Gasteiger partial charge in [0.2, 0.25) is 11.8 Å². The van der Waals surface area contributed by atoms with Crippen molar-refractivity contribution in [1.29, 1.82) is 0 Å². The zero-order chi connectivity index (χ0) is 21.0. The first kappa shape index (κ1) is 25.9. The van der Waals surface area contributed by atoms with Crippen LogP contribution in [0.25, 0.3) is 0 Å². The van der Waals surface area contributed by atoms with Crippen LogP contribution >= 0.6 is 37.9 Å². The molecular formula is C14H25N3O7S3. The van der Waals surface area contributed by atoms with Crippen molar-refractivity contribution in [2.24, 2.45) is 5.73 Å². The number of thiol groups is 3. The number of aliphatic carboxylic acids is 1. The van der Waals surface area contributed by atoms with Crippen LogP contribution in [0.4, 0.5) is 0 Å². The van der Waals surface area contributed by atoms with Gasteiger partial charge in [-0.25, -0.2) is 0 Å². The molecule has 4 atom stereocenters. The number of carbonyl (C=O) groups is 4. The van der Waals surface area contributed by atoms with Crippen molar-refractivity contribution in [3.63, 3.8) is 0 Å². The molecule has 0 saturated heterocycles. The van der Waals surface area contributed by atoms with Gasteiger partial charge in [0.25, 0.3) is 0 Å². The molecule has 10 nitrogen and oxygen atoms in total. The summed E-state index contributed by atoms with van der Waals surface area (Å²) in [6.45, 7) is -0.922. The van der Waals surface area contributed by atoms with Gasteiger partial charge >= 0.3 is 11.9 Å². The second-order valence-electron chi connectivity index (χ2n) is 5.46. The van der Waals surface area contributed by atoms with Crippen LogP contribution in [0.2, 0.25) is 0 Å². The molecule has 0 rings (SSSR count). The van der Waals surface area contributed by atoms with Crippen molar-refractivity contribution in [3.8, 4) is 0 Å². The molecule has 2 amide bonds. The molecule has 27 heavy (non-hydrogen) atoms. The molecule has 0 saturated carbocycles. The second-order valence-corrected chi connectivity index (χ2v) is 6.86. The van der Waals surface area contributed by atoms with Crippen LogP contribution in [0.5, 0.6) is 0 Å². The molecule has 0 aliphatic carbocycles. The van der Waals surface area contributed by atoms with Crippen LogP contribution in [0.15, 0.2) is 0 Å². The topological polar surface area (TPSA) is 168 Å². The molecular weight excluding hydrogens is 418 g/mol. The third kappa shape index (κ3) is 10.7. The molecule has 156 valence electrons. The molecule has 0 aromatic rings. The highest BCUT2D eigenvalue weighted by molar-refractivity contribution is 7.84. The highest BCUT2D eigenvalue weighted by Crippen LogP contribution is 2.08. The van der Waals surface area contributed by atoms with Crippen LogP contribution in [0.3, 0.4) is 0 Å². The summed E-state index contributed by atoms with van der Waals surface area (Å²) < 4.78 is 4.98. The number of aliphatic hydroxyl groups excluding tert-OH is 1. The van der Waals surface area contributed by atoms with Gasteiger partial charge in [0.05, 0.1) is 6.61 Å². The van der Waals surface area contributed by atoms with Crippen LogP contribution in [0, 0.1) is 0 Å². The molecule has 0 aliphatic heterocycles. The minimum absolute atomic E-state index is 0.0464. The van der Waals surface area contributed by atoms with Crippen LogP contribution in [-0.4, -0.2) is 82.1 Å². The van der Waals surface area contributed by atoms with E-state index >= 15 is 0 Å². The van der Waals surface area contributed by atoms with Crippen LogP contribution < -0.4 is 16.4 Å². The fourth-order valence-corrected chi connectivity index (χ4v) is 2.37. The van der Waals surface area contributed by atoms with E-state index in [1.807, 2.05) is 0 Å². The standard InChI is InChI=1S/C14H25N3O7S3/c15-7(14(22)23)1-2-11(19)17-8(5-25)13(21)16-3-12(20)24-9(4-18)10(27)6-26/h7-10,18,25-27H,1-6,15H2,(H,16,21)(H,17,19)(H,22,23)/t7?,8?,9-,10-/m1/s1. The van der Waals surface area contributed by atoms with E-state index in [0.717, 1.165) is 0 Å². The molecule has 0 bridgehead atoms. The first-order valence-corrected chi connectivity index (χ1v) is 9.69. The third-order valence-corrected chi connectivity index (χ3v) is 4.88. The molecule has 0 radical (unpaired) electrons. The SMILES string of the molecule is NC(CCC(=O)NC(CS)C(=O)NCC(=O)O[C@H](CO)[C@H](S)CS)C(=O)O. The van der Waals surface area contributed by atoms with Gasteiger partial charge < -0.3 is 31.3 Å². The first-order chi connectivity index (χ1) is 12.7. The Hall–Kier alpha value is -1.15. The summed E-state index contributed by atoms with van der Waals surface area (Å²) in [7, 11) is 0. The number of carboxylic acids is 1. The number of amides is 2. The Bertz CT molecular complexity index is 524. The lowest BCUT2D eigenvalue weighted by molar-refractivity contribution is -0.150. The van der Waals surface area contributed by atoms with E-state index in [1.165, 1.54) is 0 Å². The van der Waals surface area contributed by atoms with E-state index in [1.54, 1.807) is 0 Å². The van der Waals surface area contributed by atoms with Crippen molar-refractivity contribution < 1.29 is 34.1 Å². The Morgan fingerprint density at radius 1 is 1.15 bits per heavy atom. The molecule has 0 aromatic carbocycles. The van der Waals surface area contributed by atoms with E-state index < -0.39 is 60.3 Å². The predicted molar refractivity (Wildman–Crippen MR) is 107 cm³/mol. The lowest BCUT2D eigenvalue weighted by Crippen LogP contribution is -2.49. The lowest BCUT2D eigenvalue weighted by Gasteiger charge is -2.21. The smallest absolute Gasteiger partial charge is 0.325 e. The number of nitrogens with two attached hydrogens (primary N) is 1. The molecule has 0 fully saturated rings. The monoisotopic (exact) mass is 443 g/mol. The Balaban J connectivity index is 4.41. The van der Waals surface area contributed by atoms with Gasteiger partial charge in [0.1, 0.15) is 24.7 Å². The number of nitrogens with one attached hydrogen (secondary N) is 2. The highest BCUT2D eigenvalue weighted by atomic mass is 32.1. The molecule has 13 heteroatoms. The first-order valence-electron chi connectivity index (χ1n) is 7.91. The van der Waals surface area contributed by atoms with Gasteiger partial charge in [0, 0.05) is 23.2 Å². The van der Waals surface area contributed by atoms with Crippen molar-refractivity contribution in [3.05, 3.63) is 0 Å². The van der Waals surface area contributed by atoms with Gasteiger partial charge in [-0.15, -0.1) is 0 Å². The number of esters is 1. The summed E-state index contributed by atoms with van der Waals surface area (Å²) in [5.74, 6) is -3.04. The molecule has 0 aromatic heterocycles. The molecule has 0 aliphatic rings. The number of hydrogen-bond acceptors (Lipinski definition) is 10. The normalized spacial score (nSPS) is 15.1. The minimum Gasteiger partial charge on any atom is -0.480 e. The highest BCUT2D eigenvalue weighted by Gasteiger charge is 2.23. The van der Waals surface area contributed by atoms with Gasteiger partial charge in [-0.2, -0.15) is 37.9 Å². The third-order valence-electron chi connectivity index (χ3n) is 3.32. The van der Waals surface area contributed by atoms with Crippen molar-refractivity contribution in [2.75, 3.05) is 24.7 Å². The van der Waals surface area contributed by atoms with E-state index in [4.69, 9.17) is 20.7 Å². The van der Waals surface area contributed by atoms with Gasteiger partial charge in [-0.3, -0.25) is 19.2 Å². The van der Waals surface area contributed by atoms with Gasteiger partial charge in [-0.1, -0.05) is 0 Å². The average Bonchev–Trinajstić information content (AvgIpc) is 2.65. The number of carbonyl (C=O) groups excluding carboxylic acids is 3. The van der Waals surface area contributed by atoms with Gasteiger partial charge in [0.15, 0.2) is 0 Å². The number of aliphatic hydroxyl groups is 1. The number of rotatable bonds is 13. The maximum Gasteiger partial charge on any atom is 0.325 e. The zero-order valence-corrected chi connectivity index (χ0v) is 17.1. The summed E-state index contributed by atoms with van der Waals surface area (Å²) in [6.07, 6.45) is -1.14. The minimum atomic E-state index is -1.23. The van der Waals surface area contributed by atoms with Crippen molar-refractivity contribution in [2.45, 2.75) is 36.3 Å². The van der Waals surface area contributed by atoms with E-state index in [2.05, 4.69) is 48.5 Å². The quantitative estimate of drug-likeness (QED) is 0.118. The Morgan fingerprint density at radius 2 is 1.78 bits per heavy atom. The number of ether oxygens (including phenoxy) is 1. The van der Waals surface area contributed by atoms with Gasteiger partial charge in [-0.05, 0) is 6.42 Å². The molecule has 0 heterocycles. The molecule has 0 spiro atoms. The number of hydrogen-bond donors (Lipinski definition) is 8. The maximum absolute atomic E-state index is 12.0. The summed E-state index contributed by atoms with van der Waals surface area (Å²) >= 11 is 12.1. The van der Waals surface area contributed by atoms with Crippen molar-refractivity contribution in [1.82, 2.24) is 10.6 Å². The van der Waals surface area contributed by atoms with Crippen molar-refractivity contribution >= 4 is 61.6 Å². The summed E-state index contributed by atoms with van der Waals surface area (Å²) in [5, 5.41) is 22.0. The van der Waals surface area contributed by atoms with Crippen LogP contribution in [0.1, 0.15) is 12.8 Å². The Kier molecular flexibility index (Phi) is 13.3. The number of carboxylic acid groups (broad SMARTS) is 1. The molecule has 6 N–H and O–H groups in total. The fraction of sp³-hybridized carbons (Fsp3) is 0.714. The van der Waals surface area contributed by atoms with E-state index in [9.17, 15) is 19.2 Å². The van der Waals surface area contributed by atoms with Crippen LogP contribution in [-0.2, 0) is 23.9 Å². The zero-order valence-electron chi connectivity index (χ0n) is 14.4. The maximum atomic E-state index is 12.0. The summed E-state index contributed by atoms with van der Waals surface area (Å²) in [5.41, 5.74) is 5.30. The van der Waals surface area contributed by atoms with E-state index in [-0.39, 0.29) is 24.3 Å². The van der Waals surface area contributed by atoms with E-state index in [0.29, 0.717) is 0 Å². The Morgan fingerprint density at radius 3 is 2.26 bits per heavy atom. The lowest BCUT2D eigenvalue weighted by atomic mass is 10.1. The summed E-state index contributed by atoms with van der Waals surface area (Å²) in [6, 6.07) is -2.21. The average molecular weight is 444 g/mol. The fourth-order valence-electron chi connectivity index (χ4n) is 1.72. The predicted octanol–water partition coefficient (Wildman–Crippen LogP) is -2.16. The summed E-state index contributed by atoms with van der Waals surface area (Å²) in [4.78, 5) is 46.1. The Labute approximate surface area is 173 Å². The largest absolute Gasteiger partial charge is 0.480 e. The molecule has 2 unspecified atom stereocenters.